The summed E-state index contributed by atoms with van der Waals surface area (Å²) in [6.45, 7) is 9.27. The van der Waals surface area contributed by atoms with E-state index in [1.807, 2.05) is 12.2 Å². The summed E-state index contributed by atoms with van der Waals surface area (Å²) in [6, 6.07) is 12.8. The second-order valence-corrected chi connectivity index (χ2v) is 6.94. The van der Waals surface area contributed by atoms with Crippen molar-refractivity contribution < 1.29 is 17.0 Å². The predicted molar refractivity (Wildman–Crippen MR) is 106 cm³/mol. The number of halogens is 1. The zero-order chi connectivity index (χ0) is 17.1. The summed E-state index contributed by atoms with van der Waals surface area (Å²) < 4.78 is 3.37. The van der Waals surface area contributed by atoms with Crippen LogP contribution in [0.25, 0.3) is 20.8 Å². The van der Waals surface area contributed by atoms with Crippen LogP contribution in [0.2, 0.25) is 0 Å². The fourth-order valence-electron chi connectivity index (χ4n) is 2.68. The molecule has 130 valence electrons. The molecule has 2 aliphatic rings. The van der Waals surface area contributed by atoms with Gasteiger partial charge in [0.1, 0.15) is 7.05 Å². The molecule has 0 spiro atoms. The van der Waals surface area contributed by atoms with E-state index in [9.17, 15) is 0 Å². The van der Waals surface area contributed by atoms with Crippen molar-refractivity contribution in [3.8, 4) is 10.6 Å². The molecule has 1 aromatic carbocycles. The lowest BCUT2D eigenvalue weighted by Crippen LogP contribution is -3.00. The summed E-state index contributed by atoms with van der Waals surface area (Å²) in [6.07, 6.45) is 3.82. The number of fused-ring (bicyclic) bond motifs is 2. The average molecular weight is 416 g/mol. The first kappa shape index (κ1) is 19.3. The normalized spacial score (nSPS) is 11.8. The number of nitrogens with zero attached hydrogens (tertiary/aromatic N) is 3. The second kappa shape index (κ2) is 8.41. The van der Waals surface area contributed by atoms with Crippen LogP contribution in [-0.4, -0.2) is 32.2 Å². The van der Waals surface area contributed by atoms with Crippen LogP contribution in [-0.2, 0) is 0 Å². The lowest BCUT2D eigenvalue weighted by Gasteiger charge is -2.17. The Balaban J connectivity index is 0.00000225. The van der Waals surface area contributed by atoms with Crippen LogP contribution < -0.4 is 31.8 Å². The van der Waals surface area contributed by atoms with Gasteiger partial charge in [-0.25, -0.2) is 9.56 Å². The fraction of sp³-hybridized carbons (Fsp3) is 0.200. The van der Waals surface area contributed by atoms with Crippen molar-refractivity contribution in [3.63, 3.8) is 0 Å². The van der Waals surface area contributed by atoms with Crippen LogP contribution in [0.3, 0.4) is 0 Å². The van der Waals surface area contributed by atoms with Gasteiger partial charge < -0.3 is 21.9 Å². The van der Waals surface area contributed by atoms with Crippen molar-refractivity contribution >= 4 is 27.2 Å². The Kier molecular flexibility index (Phi) is 6.51. The average Bonchev–Trinajstić information content (AvgIpc) is 2.59. The molecule has 5 heteroatoms. The number of hydrogen-bond acceptors (Lipinski definition) is 3. The Morgan fingerprint density at radius 2 is 1.96 bits per heavy atom. The summed E-state index contributed by atoms with van der Waals surface area (Å²) in [4.78, 5) is 8.18. The molecule has 3 nitrogen and oxygen atoms in total. The smallest absolute Gasteiger partial charge is 0.201 e. The van der Waals surface area contributed by atoms with Crippen LogP contribution in [0, 0.1) is 0 Å². The van der Waals surface area contributed by atoms with Crippen molar-refractivity contribution in [1.29, 1.82) is 0 Å². The van der Waals surface area contributed by atoms with Gasteiger partial charge in [0, 0.05) is 31.4 Å². The molecule has 0 saturated heterocycles. The minimum absolute atomic E-state index is 0. The summed E-state index contributed by atoms with van der Waals surface area (Å²) in [5.41, 5.74) is 3.26. The van der Waals surface area contributed by atoms with E-state index in [0.29, 0.717) is 0 Å². The SMILES string of the molecule is C=CCN(C)c1ccc2nc3ccc(=[N+](C)CC=C)cc-3sc2c1.[Br-]. The van der Waals surface area contributed by atoms with Crippen molar-refractivity contribution in [1.82, 2.24) is 9.56 Å². The van der Waals surface area contributed by atoms with Crippen LogP contribution in [0.1, 0.15) is 0 Å². The van der Waals surface area contributed by atoms with Gasteiger partial charge in [-0.15, -0.1) is 17.9 Å². The maximum absolute atomic E-state index is 4.80. The van der Waals surface area contributed by atoms with Crippen LogP contribution in [0.15, 0.2) is 61.7 Å². The molecule has 0 N–H and O–H groups in total. The van der Waals surface area contributed by atoms with Crippen LogP contribution >= 0.6 is 11.3 Å². The molecule has 1 aliphatic carbocycles. The van der Waals surface area contributed by atoms with E-state index >= 15 is 0 Å². The number of aromatic nitrogens is 1. The van der Waals surface area contributed by atoms with E-state index in [1.54, 1.807) is 11.3 Å². The number of rotatable bonds is 5. The first-order valence-electron chi connectivity index (χ1n) is 7.94. The monoisotopic (exact) mass is 415 g/mol. The third-order valence-electron chi connectivity index (χ3n) is 4.04. The first-order chi connectivity index (χ1) is 11.6. The third-order valence-corrected chi connectivity index (χ3v) is 5.13. The summed E-state index contributed by atoms with van der Waals surface area (Å²) in [7, 11) is 4.15. The predicted octanol–water partition coefficient (Wildman–Crippen LogP) is 0.615. The number of benzene rings is 2. The molecule has 0 atom stereocenters. The lowest BCUT2D eigenvalue weighted by atomic mass is 10.2. The van der Waals surface area contributed by atoms with E-state index in [-0.39, 0.29) is 17.0 Å². The largest absolute Gasteiger partial charge is 1.00 e. The molecule has 0 saturated carbocycles. The molecule has 0 radical (unpaired) electrons. The second-order valence-electron chi connectivity index (χ2n) is 5.86. The Hall–Kier alpha value is -1.98. The molecule has 3 rings (SSSR count). The van der Waals surface area contributed by atoms with Gasteiger partial charge >= 0.3 is 0 Å². The molecule has 1 aliphatic heterocycles. The van der Waals surface area contributed by atoms with Crippen LogP contribution in [0.5, 0.6) is 0 Å². The van der Waals surface area contributed by atoms with Crippen molar-refractivity contribution in [2.75, 3.05) is 32.1 Å². The van der Waals surface area contributed by atoms with Gasteiger partial charge in [0.15, 0.2) is 6.54 Å². The van der Waals surface area contributed by atoms with Gasteiger partial charge in [0.05, 0.1) is 20.8 Å². The Bertz CT molecular complexity index is 945. The topological polar surface area (TPSA) is 19.1 Å². The van der Waals surface area contributed by atoms with Gasteiger partial charge in [-0.2, -0.15) is 0 Å². The van der Waals surface area contributed by atoms with Gasteiger partial charge in [0.25, 0.3) is 0 Å². The first-order valence-corrected chi connectivity index (χ1v) is 8.76. The maximum atomic E-state index is 4.80. The van der Waals surface area contributed by atoms with Gasteiger partial charge in [-0.3, -0.25) is 0 Å². The van der Waals surface area contributed by atoms with E-state index < -0.39 is 0 Å². The molecular formula is C20H22BrN3S. The Morgan fingerprint density at radius 3 is 2.68 bits per heavy atom. The van der Waals surface area contributed by atoms with E-state index in [0.717, 1.165) is 24.3 Å². The van der Waals surface area contributed by atoms with Crippen molar-refractivity contribution in [2.24, 2.45) is 0 Å². The van der Waals surface area contributed by atoms with Gasteiger partial charge in [-0.1, -0.05) is 12.7 Å². The van der Waals surface area contributed by atoms with Gasteiger partial charge in [0.2, 0.25) is 5.36 Å². The molecule has 0 aromatic heterocycles. The molecule has 1 heterocycles. The highest BCUT2D eigenvalue weighted by Crippen LogP contribution is 2.31. The minimum atomic E-state index is 0. The zero-order valence-electron chi connectivity index (χ0n) is 14.6. The molecule has 25 heavy (non-hydrogen) atoms. The quantitative estimate of drug-likeness (QED) is 0.345. The Labute approximate surface area is 163 Å². The molecular weight excluding hydrogens is 394 g/mol. The highest BCUT2D eigenvalue weighted by Gasteiger charge is 2.10. The summed E-state index contributed by atoms with van der Waals surface area (Å²) in [5.74, 6) is 0. The molecule has 0 bridgehead atoms. The molecule has 0 unspecified atom stereocenters. The molecule has 1 aromatic rings. The fourth-order valence-corrected chi connectivity index (χ4v) is 3.71. The third kappa shape index (κ3) is 4.17. The highest BCUT2D eigenvalue weighted by atomic mass is 79.9. The Morgan fingerprint density at radius 1 is 1.16 bits per heavy atom. The maximum Gasteiger partial charge on any atom is 0.201 e. The van der Waals surface area contributed by atoms with Crippen molar-refractivity contribution in [2.45, 2.75) is 0 Å². The molecule has 0 fully saturated rings. The summed E-state index contributed by atoms with van der Waals surface area (Å²) >= 11 is 1.78. The standard InChI is InChI=1S/C20H22N3S.BrH/c1-5-11-22(3)15-7-9-17-19(13-15)24-20-14-16(23(4)12-6-2)8-10-18(20)21-17;/h5-10,13-14H,1-2,11-12H2,3-4H3;1H/q+1;/p-1. The summed E-state index contributed by atoms with van der Waals surface area (Å²) in [5, 5.41) is 1.18. The van der Waals surface area contributed by atoms with Crippen molar-refractivity contribution in [3.05, 3.63) is 67.1 Å². The van der Waals surface area contributed by atoms with E-state index in [4.69, 9.17) is 4.98 Å². The number of likely N-dealkylation sites (N-methyl/N-ethyl adjacent to an activating group) is 2. The van der Waals surface area contributed by atoms with Gasteiger partial charge in [-0.05, 0) is 30.3 Å². The van der Waals surface area contributed by atoms with Crippen LogP contribution in [0.4, 0.5) is 5.69 Å². The number of hydrogen-bond donors (Lipinski definition) is 0. The lowest BCUT2D eigenvalue weighted by molar-refractivity contribution is -0.00000482. The highest BCUT2D eigenvalue weighted by molar-refractivity contribution is 7.21. The van der Waals surface area contributed by atoms with E-state index in [2.05, 4.69) is 73.1 Å². The van der Waals surface area contributed by atoms with E-state index in [1.165, 1.54) is 20.6 Å². The minimum Gasteiger partial charge on any atom is -1.00 e. The number of anilines is 1. The zero-order valence-corrected chi connectivity index (χ0v) is 17.0. The molecule has 0 amide bonds.